The summed E-state index contributed by atoms with van der Waals surface area (Å²) in [6.07, 6.45) is 0. The van der Waals surface area contributed by atoms with Crippen LogP contribution in [0.4, 0.5) is 5.69 Å². The topological polar surface area (TPSA) is 115 Å². The van der Waals surface area contributed by atoms with Crippen LogP contribution in [0.3, 0.4) is 0 Å². The number of amides is 1. The van der Waals surface area contributed by atoms with E-state index in [1.807, 2.05) is 6.07 Å². The number of carbonyl (C=O) groups is 2. The number of nitrogens with zero attached hydrogens (tertiary/aromatic N) is 2. The molecule has 1 aromatic heterocycles. The number of rotatable bonds is 7. The van der Waals surface area contributed by atoms with Crippen molar-refractivity contribution in [3.05, 3.63) is 88.4 Å². The molecular formula is C28H23Cl2N3O6S. The fourth-order valence-electron chi connectivity index (χ4n) is 4.24. The molecule has 12 heteroatoms. The molecule has 3 aromatic carbocycles. The third-order valence-electron chi connectivity index (χ3n) is 6.24. The number of carbonyl (C=O) groups excluding carboxylic acids is 2. The molecule has 1 saturated heterocycles. The lowest BCUT2D eigenvalue weighted by Gasteiger charge is -2.26. The lowest BCUT2D eigenvalue weighted by molar-refractivity contribution is -0.119. The van der Waals surface area contributed by atoms with Gasteiger partial charge in [0.25, 0.3) is 5.91 Å². The first-order valence-corrected chi connectivity index (χ1v) is 14.4. The van der Waals surface area contributed by atoms with Crippen molar-refractivity contribution < 1.29 is 27.5 Å². The van der Waals surface area contributed by atoms with E-state index in [2.05, 4.69) is 10.3 Å². The predicted molar refractivity (Wildman–Crippen MR) is 152 cm³/mol. The first kappa shape index (κ1) is 28.0. The van der Waals surface area contributed by atoms with E-state index in [-0.39, 0.29) is 34.3 Å². The third-order valence-corrected chi connectivity index (χ3v) is 8.79. The Labute approximate surface area is 240 Å². The van der Waals surface area contributed by atoms with E-state index in [9.17, 15) is 18.0 Å². The molecule has 0 bridgehead atoms. The summed E-state index contributed by atoms with van der Waals surface area (Å²) in [6.45, 7) is 0.422. The molecule has 0 radical (unpaired) electrons. The minimum absolute atomic E-state index is 0.0264. The summed E-state index contributed by atoms with van der Waals surface area (Å²) in [5.41, 5.74) is 1.97. The zero-order valence-corrected chi connectivity index (χ0v) is 23.3. The average molecular weight is 600 g/mol. The minimum Gasteiger partial charge on any atom is -0.452 e. The molecule has 1 aliphatic rings. The Hall–Kier alpha value is -3.54. The van der Waals surface area contributed by atoms with Gasteiger partial charge in [0.05, 0.1) is 45.6 Å². The number of aromatic nitrogens is 1. The SMILES string of the molecule is O=C(COC(=O)c1cc(-c2ccccc2Cl)nc2ccccc12)Nc1cc(S(=O)(=O)N2CCOCC2)ccc1Cl. The second-order valence-electron chi connectivity index (χ2n) is 8.83. The van der Waals surface area contributed by atoms with Crippen molar-refractivity contribution in [2.24, 2.45) is 0 Å². The number of fused-ring (bicyclic) bond motifs is 1. The van der Waals surface area contributed by atoms with Crippen molar-refractivity contribution in [1.82, 2.24) is 9.29 Å². The molecule has 1 amide bonds. The van der Waals surface area contributed by atoms with E-state index >= 15 is 0 Å². The molecule has 2 heterocycles. The third kappa shape index (κ3) is 5.96. The number of morpholine rings is 1. The molecule has 0 unspecified atom stereocenters. The van der Waals surface area contributed by atoms with Gasteiger partial charge in [-0.05, 0) is 36.4 Å². The Balaban J connectivity index is 1.33. The predicted octanol–water partition coefficient (Wildman–Crippen LogP) is 5.03. The van der Waals surface area contributed by atoms with Crippen LogP contribution in [0.25, 0.3) is 22.2 Å². The summed E-state index contributed by atoms with van der Waals surface area (Å²) in [7, 11) is -3.81. The number of sulfonamides is 1. The molecule has 1 fully saturated rings. The van der Waals surface area contributed by atoms with E-state index < -0.39 is 28.5 Å². The first-order chi connectivity index (χ1) is 19.2. The van der Waals surface area contributed by atoms with Crippen molar-refractivity contribution >= 4 is 61.7 Å². The first-order valence-electron chi connectivity index (χ1n) is 12.2. The number of ether oxygens (including phenoxy) is 2. The number of hydrogen-bond acceptors (Lipinski definition) is 7. The summed E-state index contributed by atoms with van der Waals surface area (Å²) < 4.78 is 37.9. The maximum atomic E-state index is 13.1. The van der Waals surface area contributed by atoms with Crippen molar-refractivity contribution in [3.63, 3.8) is 0 Å². The zero-order valence-electron chi connectivity index (χ0n) is 21.0. The largest absolute Gasteiger partial charge is 0.452 e. The lowest BCUT2D eigenvalue weighted by atomic mass is 10.0. The monoisotopic (exact) mass is 599 g/mol. The number of halogens is 2. The van der Waals surface area contributed by atoms with Crippen molar-refractivity contribution in [3.8, 4) is 11.3 Å². The molecule has 206 valence electrons. The second-order valence-corrected chi connectivity index (χ2v) is 11.6. The fourth-order valence-corrected chi connectivity index (χ4v) is 6.08. The van der Waals surface area contributed by atoms with Gasteiger partial charge in [0.2, 0.25) is 10.0 Å². The van der Waals surface area contributed by atoms with Crippen LogP contribution in [-0.4, -0.2) is 62.5 Å². The number of esters is 1. The Morgan fingerprint density at radius 2 is 1.68 bits per heavy atom. The highest BCUT2D eigenvalue weighted by molar-refractivity contribution is 7.89. The second kappa shape index (κ2) is 11.9. The van der Waals surface area contributed by atoms with Gasteiger partial charge in [-0.15, -0.1) is 0 Å². The van der Waals surface area contributed by atoms with Gasteiger partial charge in [0, 0.05) is 29.1 Å². The molecule has 1 aliphatic heterocycles. The van der Waals surface area contributed by atoms with E-state index in [4.69, 9.17) is 32.7 Å². The van der Waals surface area contributed by atoms with Gasteiger partial charge in [-0.2, -0.15) is 4.31 Å². The summed E-state index contributed by atoms with van der Waals surface area (Å²) >= 11 is 12.6. The fraction of sp³-hybridized carbons (Fsp3) is 0.179. The number of pyridine rings is 1. The van der Waals surface area contributed by atoms with Crippen LogP contribution in [0.2, 0.25) is 10.0 Å². The molecule has 1 N–H and O–H groups in total. The maximum Gasteiger partial charge on any atom is 0.339 e. The van der Waals surface area contributed by atoms with Gasteiger partial charge in [-0.1, -0.05) is 59.6 Å². The van der Waals surface area contributed by atoms with Crippen LogP contribution in [-0.2, 0) is 24.3 Å². The van der Waals surface area contributed by atoms with Crippen molar-refractivity contribution in [1.29, 1.82) is 0 Å². The molecule has 5 rings (SSSR count). The normalized spacial score (nSPS) is 14.2. The Kier molecular flexibility index (Phi) is 8.34. The van der Waals surface area contributed by atoms with Crippen LogP contribution in [0.5, 0.6) is 0 Å². The van der Waals surface area contributed by atoms with Crippen LogP contribution in [0.1, 0.15) is 10.4 Å². The standard InChI is InChI=1S/C28H23Cl2N3O6S/c29-22-7-3-1-6-20(22)25-16-21(19-5-2-4-8-24(19)31-25)28(35)39-17-27(34)32-26-15-18(9-10-23(26)30)40(36,37)33-11-13-38-14-12-33/h1-10,15-16H,11-14,17H2,(H,32,34). The molecule has 0 aliphatic carbocycles. The number of para-hydroxylation sites is 1. The quantitative estimate of drug-likeness (QED) is 0.296. The summed E-state index contributed by atoms with van der Waals surface area (Å²) in [6, 6.07) is 19.8. The van der Waals surface area contributed by atoms with Gasteiger partial charge in [-0.3, -0.25) is 4.79 Å². The highest BCUT2D eigenvalue weighted by Gasteiger charge is 2.27. The molecule has 4 aromatic rings. The number of nitrogens with one attached hydrogen (secondary N) is 1. The molecule has 0 spiro atoms. The summed E-state index contributed by atoms with van der Waals surface area (Å²) in [5.74, 6) is -1.43. The maximum absolute atomic E-state index is 13.1. The average Bonchev–Trinajstić information content (AvgIpc) is 2.97. The van der Waals surface area contributed by atoms with E-state index in [1.54, 1.807) is 48.5 Å². The van der Waals surface area contributed by atoms with Crippen LogP contribution >= 0.6 is 23.2 Å². The van der Waals surface area contributed by atoms with E-state index in [0.717, 1.165) is 0 Å². The van der Waals surface area contributed by atoms with E-state index in [1.165, 1.54) is 22.5 Å². The Morgan fingerprint density at radius 1 is 0.950 bits per heavy atom. The summed E-state index contributed by atoms with van der Waals surface area (Å²) in [5, 5.41) is 3.68. The van der Waals surface area contributed by atoms with Crippen molar-refractivity contribution in [2.75, 3.05) is 38.2 Å². The van der Waals surface area contributed by atoms with Gasteiger partial charge < -0.3 is 14.8 Å². The number of anilines is 1. The number of hydrogen-bond donors (Lipinski definition) is 1. The molecule has 40 heavy (non-hydrogen) atoms. The van der Waals surface area contributed by atoms with Crippen molar-refractivity contribution in [2.45, 2.75) is 4.90 Å². The molecule has 9 nitrogen and oxygen atoms in total. The van der Waals surface area contributed by atoms with Gasteiger partial charge in [-0.25, -0.2) is 18.2 Å². The highest BCUT2D eigenvalue weighted by Crippen LogP contribution is 2.30. The van der Waals surface area contributed by atoms with E-state index in [0.29, 0.717) is 40.4 Å². The Bertz CT molecular complexity index is 1710. The summed E-state index contributed by atoms with van der Waals surface area (Å²) in [4.78, 5) is 30.4. The number of benzene rings is 3. The molecule has 0 atom stereocenters. The zero-order chi connectivity index (χ0) is 28.3. The van der Waals surface area contributed by atoms with Crippen LogP contribution in [0.15, 0.2) is 77.7 Å². The van der Waals surface area contributed by atoms with Gasteiger partial charge in [0.15, 0.2) is 6.61 Å². The minimum atomic E-state index is -3.81. The van der Waals surface area contributed by atoms with Crippen LogP contribution in [0, 0.1) is 0 Å². The van der Waals surface area contributed by atoms with Gasteiger partial charge in [0.1, 0.15) is 0 Å². The van der Waals surface area contributed by atoms with Gasteiger partial charge >= 0.3 is 5.97 Å². The smallest absolute Gasteiger partial charge is 0.339 e. The molecular weight excluding hydrogens is 577 g/mol. The van der Waals surface area contributed by atoms with Crippen LogP contribution < -0.4 is 5.32 Å². The lowest BCUT2D eigenvalue weighted by Crippen LogP contribution is -2.40. The molecule has 0 saturated carbocycles. The Morgan fingerprint density at radius 3 is 2.45 bits per heavy atom. The highest BCUT2D eigenvalue weighted by atomic mass is 35.5.